The summed E-state index contributed by atoms with van der Waals surface area (Å²) in [5.74, 6) is 0. The number of sulfonamides is 1. The maximum Gasteiger partial charge on any atom is 0.416 e. The van der Waals surface area contributed by atoms with E-state index in [0.29, 0.717) is 12.8 Å². The molecule has 0 saturated carbocycles. The first kappa shape index (κ1) is 16.3. The Bertz CT molecular complexity index is 628. The highest BCUT2D eigenvalue weighted by molar-refractivity contribution is 7.89. The fourth-order valence-corrected chi connectivity index (χ4v) is 4.24. The van der Waals surface area contributed by atoms with Gasteiger partial charge in [0, 0.05) is 13.1 Å². The summed E-state index contributed by atoms with van der Waals surface area (Å²) < 4.78 is 64.6. The van der Waals surface area contributed by atoms with Crippen molar-refractivity contribution in [1.29, 1.82) is 0 Å². The molecule has 1 aromatic rings. The zero-order chi connectivity index (χ0) is 15.8. The third kappa shape index (κ3) is 3.22. The minimum Gasteiger partial charge on any atom is -0.392 e. The van der Waals surface area contributed by atoms with Crippen LogP contribution in [-0.2, 0) is 16.2 Å². The summed E-state index contributed by atoms with van der Waals surface area (Å²) in [6.07, 6.45) is -4.40. The Morgan fingerprint density at radius 1 is 1.33 bits per heavy atom. The number of hydrogen-bond acceptors (Lipinski definition) is 3. The molecule has 0 bridgehead atoms. The fraction of sp³-hybridized carbons (Fsp3) is 0.538. The molecule has 8 heteroatoms. The van der Waals surface area contributed by atoms with Gasteiger partial charge < -0.3 is 5.11 Å². The molecule has 1 saturated heterocycles. The van der Waals surface area contributed by atoms with Crippen molar-refractivity contribution in [1.82, 2.24) is 4.31 Å². The topological polar surface area (TPSA) is 57.6 Å². The van der Waals surface area contributed by atoms with Crippen LogP contribution in [-0.4, -0.2) is 37.0 Å². The minimum absolute atomic E-state index is 0.0853. The summed E-state index contributed by atoms with van der Waals surface area (Å²) in [4.78, 5) is -0.355. The van der Waals surface area contributed by atoms with E-state index in [0.717, 1.165) is 23.4 Å². The number of aliphatic hydroxyl groups is 1. The van der Waals surface area contributed by atoms with E-state index in [-0.39, 0.29) is 23.5 Å². The quantitative estimate of drug-likeness (QED) is 0.907. The number of β-amino-alcohol motifs (C(OH)–C–C–N with tert-alkyl or cyclic N) is 1. The van der Waals surface area contributed by atoms with Crippen LogP contribution in [0.3, 0.4) is 0 Å². The van der Waals surface area contributed by atoms with Gasteiger partial charge in [-0.05, 0) is 37.5 Å². The van der Waals surface area contributed by atoms with Crippen molar-refractivity contribution in [3.05, 3.63) is 29.3 Å². The fourth-order valence-electron chi connectivity index (χ4n) is 2.48. The van der Waals surface area contributed by atoms with Gasteiger partial charge in [-0.3, -0.25) is 0 Å². The SMILES string of the molecule is Cc1c(C(F)(F)F)cccc1S(=O)(=O)N1CCC[C@H](O)C1. The lowest BCUT2D eigenvalue weighted by Crippen LogP contribution is -2.42. The molecule has 1 aromatic carbocycles. The normalized spacial score (nSPS) is 21.5. The maximum atomic E-state index is 12.9. The third-order valence-electron chi connectivity index (χ3n) is 3.57. The molecule has 1 atom stereocenters. The molecule has 1 aliphatic heterocycles. The van der Waals surface area contributed by atoms with E-state index in [2.05, 4.69) is 0 Å². The summed E-state index contributed by atoms with van der Waals surface area (Å²) in [6, 6.07) is 3.11. The van der Waals surface area contributed by atoms with Gasteiger partial charge in [0.15, 0.2) is 0 Å². The number of aliphatic hydroxyl groups excluding tert-OH is 1. The molecule has 0 spiro atoms. The van der Waals surface area contributed by atoms with Gasteiger partial charge in [0.2, 0.25) is 10.0 Å². The van der Waals surface area contributed by atoms with Crippen molar-refractivity contribution in [2.75, 3.05) is 13.1 Å². The Morgan fingerprint density at radius 3 is 2.57 bits per heavy atom. The Morgan fingerprint density at radius 2 is 2.00 bits per heavy atom. The number of halogens is 3. The van der Waals surface area contributed by atoms with E-state index >= 15 is 0 Å². The van der Waals surface area contributed by atoms with Crippen LogP contribution in [0.4, 0.5) is 13.2 Å². The number of alkyl halides is 3. The lowest BCUT2D eigenvalue weighted by Gasteiger charge is -2.30. The van der Waals surface area contributed by atoms with Crippen molar-refractivity contribution in [2.24, 2.45) is 0 Å². The van der Waals surface area contributed by atoms with Gasteiger partial charge >= 0.3 is 6.18 Å². The predicted molar refractivity (Wildman–Crippen MR) is 70.2 cm³/mol. The molecule has 0 unspecified atom stereocenters. The number of benzene rings is 1. The van der Waals surface area contributed by atoms with Crippen LogP contribution in [0, 0.1) is 6.92 Å². The zero-order valence-corrected chi connectivity index (χ0v) is 12.2. The lowest BCUT2D eigenvalue weighted by atomic mass is 10.1. The summed E-state index contributed by atoms with van der Waals surface area (Å²) in [7, 11) is -4.04. The Balaban J connectivity index is 2.46. The summed E-state index contributed by atoms with van der Waals surface area (Å²) in [5, 5.41) is 9.56. The lowest BCUT2D eigenvalue weighted by molar-refractivity contribution is -0.138. The number of piperidine rings is 1. The molecule has 0 aliphatic carbocycles. The van der Waals surface area contributed by atoms with E-state index in [4.69, 9.17) is 0 Å². The molecule has 0 aromatic heterocycles. The number of rotatable bonds is 2. The van der Waals surface area contributed by atoms with Crippen molar-refractivity contribution in [3.8, 4) is 0 Å². The van der Waals surface area contributed by atoms with Crippen LogP contribution in [0.1, 0.15) is 24.0 Å². The average Bonchev–Trinajstić information content (AvgIpc) is 2.37. The van der Waals surface area contributed by atoms with Crippen molar-refractivity contribution in [2.45, 2.75) is 36.9 Å². The highest BCUT2D eigenvalue weighted by Gasteiger charge is 2.36. The zero-order valence-electron chi connectivity index (χ0n) is 11.4. The molecule has 4 nitrogen and oxygen atoms in total. The molecule has 118 valence electrons. The first-order chi connectivity index (χ1) is 9.64. The van der Waals surface area contributed by atoms with Gasteiger partial charge in [-0.1, -0.05) is 6.07 Å². The van der Waals surface area contributed by atoms with Crippen LogP contribution in [0.15, 0.2) is 23.1 Å². The number of nitrogens with zero attached hydrogens (tertiary/aromatic N) is 1. The van der Waals surface area contributed by atoms with Gasteiger partial charge in [-0.15, -0.1) is 0 Å². The molecular formula is C13H16F3NO3S. The monoisotopic (exact) mass is 323 g/mol. The van der Waals surface area contributed by atoms with Crippen LogP contribution in [0.25, 0.3) is 0 Å². The van der Waals surface area contributed by atoms with E-state index in [1.165, 1.54) is 6.07 Å². The summed E-state index contributed by atoms with van der Waals surface area (Å²) >= 11 is 0. The molecule has 0 radical (unpaired) electrons. The molecule has 2 rings (SSSR count). The standard InChI is InChI=1S/C13H16F3NO3S/c1-9-11(13(14,15)16)5-2-6-12(9)21(19,20)17-7-3-4-10(18)8-17/h2,5-6,10,18H,3-4,7-8H2,1H3/t10-/m0/s1. The Kier molecular flexibility index (Phi) is 4.32. The van der Waals surface area contributed by atoms with E-state index in [1.807, 2.05) is 0 Å². The highest BCUT2D eigenvalue weighted by Crippen LogP contribution is 2.35. The molecule has 1 N–H and O–H groups in total. The largest absolute Gasteiger partial charge is 0.416 e. The van der Waals surface area contributed by atoms with Gasteiger partial charge in [-0.25, -0.2) is 8.42 Å². The third-order valence-corrected chi connectivity index (χ3v) is 5.58. The Hall–Kier alpha value is -1.12. The van der Waals surface area contributed by atoms with E-state index < -0.39 is 27.9 Å². The van der Waals surface area contributed by atoms with E-state index in [1.54, 1.807) is 0 Å². The van der Waals surface area contributed by atoms with Crippen molar-refractivity contribution < 1.29 is 26.7 Å². The Labute approximate surface area is 121 Å². The van der Waals surface area contributed by atoms with Crippen LogP contribution >= 0.6 is 0 Å². The smallest absolute Gasteiger partial charge is 0.392 e. The van der Waals surface area contributed by atoms with Gasteiger partial charge in [0.25, 0.3) is 0 Å². The van der Waals surface area contributed by atoms with Gasteiger partial charge in [-0.2, -0.15) is 17.5 Å². The van der Waals surface area contributed by atoms with Crippen LogP contribution < -0.4 is 0 Å². The molecule has 0 amide bonds. The van der Waals surface area contributed by atoms with Gasteiger partial charge in [0.1, 0.15) is 0 Å². The molecule has 1 aliphatic rings. The first-order valence-electron chi connectivity index (χ1n) is 6.49. The van der Waals surface area contributed by atoms with Gasteiger partial charge in [0.05, 0.1) is 16.6 Å². The second-order valence-electron chi connectivity index (χ2n) is 5.09. The van der Waals surface area contributed by atoms with E-state index in [9.17, 15) is 26.7 Å². The molecule has 1 fully saturated rings. The first-order valence-corrected chi connectivity index (χ1v) is 7.93. The minimum atomic E-state index is -4.60. The molecular weight excluding hydrogens is 307 g/mol. The molecule has 1 heterocycles. The number of hydrogen-bond donors (Lipinski definition) is 1. The second kappa shape index (κ2) is 5.58. The highest BCUT2D eigenvalue weighted by atomic mass is 32.2. The maximum absolute atomic E-state index is 12.9. The molecule has 21 heavy (non-hydrogen) atoms. The summed E-state index contributed by atoms with van der Waals surface area (Å²) in [5.41, 5.74) is -1.27. The van der Waals surface area contributed by atoms with Crippen LogP contribution in [0.5, 0.6) is 0 Å². The van der Waals surface area contributed by atoms with Crippen molar-refractivity contribution >= 4 is 10.0 Å². The second-order valence-corrected chi connectivity index (χ2v) is 6.99. The average molecular weight is 323 g/mol. The predicted octanol–water partition coefficient (Wildman–Crippen LogP) is 2.16. The van der Waals surface area contributed by atoms with Crippen LogP contribution in [0.2, 0.25) is 0 Å². The summed E-state index contributed by atoms with van der Waals surface area (Å²) in [6.45, 7) is 1.27. The van der Waals surface area contributed by atoms with Crippen molar-refractivity contribution in [3.63, 3.8) is 0 Å².